The van der Waals surface area contributed by atoms with Crippen molar-refractivity contribution in [3.8, 4) is 0 Å². The summed E-state index contributed by atoms with van der Waals surface area (Å²) in [5.74, 6) is 0.550. The largest absolute Gasteiger partial charge is 0.330 e. The molecule has 0 aliphatic carbocycles. The Labute approximate surface area is 162 Å². The molecule has 1 fully saturated rings. The number of sulfone groups is 1. The zero-order valence-electron chi connectivity index (χ0n) is 16.2. The Morgan fingerprint density at radius 1 is 1.15 bits per heavy atom. The molecule has 0 N–H and O–H groups in total. The van der Waals surface area contributed by atoms with Crippen LogP contribution in [0.5, 0.6) is 0 Å². The molecular weight excluding hydrogens is 358 g/mol. The maximum Gasteiger partial charge on any atom is 0.254 e. The quantitative estimate of drug-likeness (QED) is 0.783. The van der Waals surface area contributed by atoms with Crippen molar-refractivity contribution in [2.75, 3.05) is 11.5 Å². The molecule has 2 aromatic rings. The first-order valence-corrected chi connectivity index (χ1v) is 11.2. The monoisotopic (exact) mass is 385 g/mol. The minimum atomic E-state index is -3.07. The Hall–Kier alpha value is -2.14. The van der Waals surface area contributed by atoms with Crippen molar-refractivity contribution in [1.82, 2.24) is 4.90 Å². The van der Waals surface area contributed by atoms with Gasteiger partial charge < -0.3 is 4.90 Å². The molecule has 1 heterocycles. The molecular formula is C22H27NO3S. The van der Waals surface area contributed by atoms with Crippen LogP contribution in [0.4, 0.5) is 0 Å². The number of carbonyl (C=O) groups is 1. The molecule has 1 aliphatic rings. The van der Waals surface area contributed by atoms with E-state index in [1.165, 1.54) is 5.56 Å². The number of carbonyl (C=O) groups excluding carboxylic acids is 1. The number of benzene rings is 2. The predicted molar refractivity (Wildman–Crippen MR) is 109 cm³/mol. The number of nitrogens with zero attached hydrogens (tertiary/aromatic N) is 1. The van der Waals surface area contributed by atoms with Gasteiger partial charge in [0.1, 0.15) is 0 Å². The summed E-state index contributed by atoms with van der Waals surface area (Å²) in [4.78, 5) is 14.9. The molecule has 0 saturated carbocycles. The zero-order chi connectivity index (χ0) is 19.6. The van der Waals surface area contributed by atoms with Crippen LogP contribution < -0.4 is 0 Å². The van der Waals surface area contributed by atoms with Crippen LogP contribution in [0, 0.1) is 6.92 Å². The topological polar surface area (TPSA) is 54.5 Å². The second-order valence-corrected chi connectivity index (χ2v) is 9.98. The summed E-state index contributed by atoms with van der Waals surface area (Å²) >= 11 is 0. The van der Waals surface area contributed by atoms with Crippen LogP contribution in [0.3, 0.4) is 0 Å². The van der Waals surface area contributed by atoms with Crippen molar-refractivity contribution < 1.29 is 13.2 Å². The molecule has 0 radical (unpaired) electrons. The molecule has 27 heavy (non-hydrogen) atoms. The summed E-state index contributed by atoms with van der Waals surface area (Å²) in [7, 11) is -3.07. The van der Waals surface area contributed by atoms with E-state index in [0.29, 0.717) is 24.4 Å². The Kier molecular flexibility index (Phi) is 5.70. The van der Waals surface area contributed by atoms with Gasteiger partial charge in [-0.2, -0.15) is 0 Å². The predicted octanol–water partition coefficient (Wildman–Crippen LogP) is 3.95. The van der Waals surface area contributed by atoms with Crippen LogP contribution in [-0.4, -0.2) is 36.8 Å². The Morgan fingerprint density at radius 3 is 2.41 bits per heavy atom. The Bertz CT molecular complexity index is 917. The Morgan fingerprint density at radius 2 is 1.85 bits per heavy atom. The summed E-state index contributed by atoms with van der Waals surface area (Å²) in [5, 5.41) is 0. The fraction of sp³-hybridized carbons (Fsp3) is 0.409. The fourth-order valence-electron chi connectivity index (χ4n) is 3.54. The van der Waals surface area contributed by atoms with Gasteiger partial charge in [0.2, 0.25) is 0 Å². The van der Waals surface area contributed by atoms with Gasteiger partial charge in [-0.3, -0.25) is 4.79 Å². The van der Waals surface area contributed by atoms with E-state index in [9.17, 15) is 13.2 Å². The molecule has 0 spiro atoms. The van der Waals surface area contributed by atoms with Crippen LogP contribution in [0.25, 0.3) is 0 Å². The number of amides is 1. The average Bonchev–Trinajstić information content (AvgIpc) is 2.99. The van der Waals surface area contributed by atoms with Crippen molar-refractivity contribution in [2.24, 2.45) is 0 Å². The van der Waals surface area contributed by atoms with Crippen LogP contribution in [0.1, 0.15) is 53.2 Å². The molecule has 0 aromatic heterocycles. The van der Waals surface area contributed by atoms with Crippen molar-refractivity contribution in [3.63, 3.8) is 0 Å². The first-order chi connectivity index (χ1) is 12.7. The van der Waals surface area contributed by atoms with Gasteiger partial charge >= 0.3 is 0 Å². The van der Waals surface area contributed by atoms with E-state index in [0.717, 1.165) is 11.1 Å². The minimum absolute atomic E-state index is 0.0502. The van der Waals surface area contributed by atoms with E-state index in [-0.39, 0.29) is 23.5 Å². The smallest absolute Gasteiger partial charge is 0.254 e. The highest BCUT2D eigenvalue weighted by molar-refractivity contribution is 7.91. The normalized spacial score (nSPS) is 18.6. The third kappa shape index (κ3) is 4.78. The lowest BCUT2D eigenvalue weighted by Gasteiger charge is -2.29. The van der Waals surface area contributed by atoms with Gasteiger partial charge in [-0.1, -0.05) is 55.8 Å². The van der Waals surface area contributed by atoms with E-state index in [1.807, 2.05) is 37.3 Å². The zero-order valence-corrected chi connectivity index (χ0v) is 17.0. The van der Waals surface area contributed by atoms with Gasteiger partial charge in [-0.15, -0.1) is 0 Å². The van der Waals surface area contributed by atoms with Gasteiger partial charge in [-0.05, 0) is 42.5 Å². The fourth-order valence-corrected chi connectivity index (χ4v) is 5.27. The van der Waals surface area contributed by atoms with Crippen molar-refractivity contribution >= 4 is 15.7 Å². The summed E-state index contributed by atoms with van der Waals surface area (Å²) in [6.45, 7) is 6.66. The molecule has 0 bridgehead atoms. The maximum atomic E-state index is 13.2. The van der Waals surface area contributed by atoms with Gasteiger partial charge in [-0.25, -0.2) is 8.42 Å². The van der Waals surface area contributed by atoms with E-state index >= 15 is 0 Å². The van der Waals surface area contributed by atoms with Gasteiger partial charge in [0.15, 0.2) is 9.84 Å². The SMILES string of the molecule is Cc1cccc(C(=O)N(Cc2ccc(C(C)C)cc2)C2CCS(=O)(=O)C2)c1. The number of hydrogen-bond acceptors (Lipinski definition) is 3. The summed E-state index contributed by atoms with van der Waals surface area (Å²) in [6, 6.07) is 15.4. The highest BCUT2D eigenvalue weighted by Gasteiger charge is 2.35. The molecule has 1 atom stereocenters. The summed E-state index contributed by atoms with van der Waals surface area (Å²) < 4.78 is 24.0. The van der Waals surface area contributed by atoms with E-state index < -0.39 is 9.84 Å². The standard InChI is InChI=1S/C22H27NO3S/c1-16(2)19-9-7-18(8-10-19)14-23(21-11-12-27(25,26)15-21)22(24)20-6-4-5-17(3)13-20/h4-10,13,16,21H,11-12,14-15H2,1-3H3. The van der Waals surface area contributed by atoms with Crippen molar-refractivity contribution in [3.05, 3.63) is 70.8 Å². The number of aryl methyl sites for hydroxylation is 1. The molecule has 3 rings (SSSR count). The molecule has 1 unspecified atom stereocenters. The van der Waals surface area contributed by atoms with E-state index in [2.05, 4.69) is 26.0 Å². The van der Waals surface area contributed by atoms with Crippen LogP contribution in [-0.2, 0) is 16.4 Å². The average molecular weight is 386 g/mol. The number of rotatable bonds is 5. The lowest BCUT2D eigenvalue weighted by atomic mass is 10.0. The third-order valence-electron chi connectivity index (χ3n) is 5.17. The van der Waals surface area contributed by atoms with E-state index in [4.69, 9.17) is 0 Å². The molecule has 5 heteroatoms. The first-order valence-electron chi connectivity index (χ1n) is 9.42. The highest BCUT2D eigenvalue weighted by atomic mass is 32.2. The summed E-state index contributed by atoms with van der Waals surface area (Å²) in [6.07, 6.45) is 0.504. The highest BCUT2D eigenvalue weighted by Crippen LogP contribution is 2.23. The van der Waals surface area contributed by atoms with Crippen molar-refractivity contribution in [1.29, 1.82) is 0 Å². The third-order valence-corrected chi connectivity index (χ3v) is 6.92. The Balaban J connectivity index is 1.89. The maximum absolute atomic E-state index is 13.2. The summed E-state index contributed by atoms with van der Waals surface area (Å²) in [5.41, 5.74) is 3.89. The molecule has 1 saturated heterocycles. The molecule has 4 nitrogen and oxygen atoms in total. The molecule has 1 amide bonds. The number of hydrogen-bond donors (Lipinski definition) is 0. The second-order valence-electron chi connectivity index (χ2n) is 7.76. The second kappa shape index (κ2) is 7.85. The molecule has 144 valence electrons. The lowest BCUT2D eigenvalue weighted by Crippen LogP contribution is -2.40. The van der Waals surface area contributed by atoms with Crippen molar-refractivity contribution in [2.45, 2.75) is 45.7 Å². The molecule has 1 aliphatic heterocycles. The van der Waals surface area contributed by atoms with Gasteiger partial charge in [0.05, 0.1) is 11.5 Å². The minimum Gasteiger partial charge on any atom is -0.330 e. The van der Waals surface area contributed by atoms with Crippen LogP contribution in [0.15, 0.2) is 48.5 Å². The van der Waals surface area contributed by atoms with Gasteiger partial charge in [0, 0.05) is 18.2 Å². The molecule has 2 aromatic carbocycles. The van der Waals surface area contributed by atoms with Crippen LogP contribution in [0.2, 0.25) is 0 Å². The van der Waals surface area contributed by atoms with Crippen LogP contribution >= 0.6 is 0 Å². The first kappa shape index (κ1) is 19.6. The lowest BCUT2D eigenvalue weighted by molar-refractivity contribution is 0.0681. The van der Waals surface area contributed by atoms with E-state index in [1.54, 1.807) is 11.0 Å². The van der Waals surface area contributed by atoms with Gasteiger partial charge in [0.25, 0.3) is 5.91 Å².